The molecule has 0 aliphatic rings. The van der Waals surface area contributed by atoms with Crippen LogP contribution in [0.1, 0.15) is 47.0 Å². The quantitative estimate of drug-likeness (QED) is 0.709. The Morgan fingerprint density at radius 3 is 2.36 bits per heavy atom. The van der Waals surface area contributed by atoms with Crippen LogP contribution in [-0.2, 0) is 4.79 Å². The van der Waals surface area contributed by atoms with Crippen molar-refractivity contribution >= 4 is 5.91 Å². The summed E-state index contributed by atoms with van der Waals surface area (Å²) in [6.45, 7) is 8.76. The third-order valence-corrected chi connectivity index (χ3v) is 2.20. The van der Waals surface area contributed by atoms with E-state index in [1.807, 2.05) is 20.8 Å². The summed E-state index contributed by atoms with van der Waals surface area (Å²) < 4.78 is 0. The molecule has 0 aliphatic carbocycles. The van der Waals surface area contributed by atoms with Crippen LogP contribution in [0, 0.1) is 5.92 Å². The molecule has 3 nitrogen and oxygen atoms in total. The van der Waals surface area contributed by atoms with Crippen LogP contribution >= 0.6 is 0 Å². The van der Waals surface area contributed by atoms with Gasteiger partial charge in [-0.25, -0.2) is 0 Å². The third-order valence-electron chi connectivity index (χ3n) is 2.20. The molecular weight excluding hydrogens is 176 g/mol. The van der Waals surface area contributed by atoms with Crippen molar-refractivity contribution in [2.45, 2.75) is 52.5 Å². The predicted molar refractivity (Wildman–Crippen MR) is 60.0 cm³/mol. The molecule has 0 aromatic carbocycles. The van der Waals surface area contributed by atoms with Crippen molar-refractivity contribution in [3.8, 4) is 0 Å². The van der Waals surface area contributed by atoms with E-state index in [4.69, 9.17) is 5.73 Å². The smallest absolute Gasteiger partial charge is 0.220 e. The summed E-state index contributed by atoms with van der Waals surface area (Å²) >= 11 is 0. The van der Waals surface area contributed by atoms with Gasteiger partial charge >= 0.3 is 0 Å². The minimum Gasteiger partial charge on any atom is -0.352 e. The molecule has 0 aromatic heterocycles. The molecule has 0 spiro atoms. The summed E-state index contributed by atoms with van der Waals surface area (Å²) in [5.74, 6) is 0.616. The van der Waals surface area contributed by atoms with Crippen LogP contribution < -0.4 is 11.1 Å². The molecule has 0 saturated carbocycles. The average Bonchev–Trinajstić information content (AvgIpc) is 2.03. The lowest BCUT2D eigenvalue weighted by molar-refractivity contribution is -0.122. The minimum atomic E-state index is -0.124. The number of nitrogens with two attached hydrogens (primary N) is 1. The van der Waals surface area contributed by atoms with Gasteiger partial charge in [-0.15, -0.1) is 0 Å². The molecule has 3 heteroatoms. The van der Waals surface area contributed by atoms with E-state index in [1.54, 1.807) is 0 Å². The van der Waals surface area contributed by atoms with Crippen molar-refractivity contribution < 1.29 is 4.79 Å². The van der Waals surface area contributed by atoms with Gasteiger partial charge in [-0.3, -0.25) is 4.79 Å². The molecule has 0 fully saturated rings. The summed E-state index contributed by atoms with van der Waals surface area (Å²) in [6, 6.07) is 0. The van der Waals surface area contributed by atoms with E-state index in [-0.39, 0.29) is 11.4 Å². The first-order valence-corrected chi connectivity index (χ1v) is 5.40. The van der Waals surface area contributed by atoms with E-state index in [0.717, 1.165) is 12.8 Å². The second kappa shape index (κ2) is 6.02. The van der Waals surface area contributed by atoms with E-state index < -0.39 is 0 Å². The van der Waals surface area contributed by atoms with Gasteiger partial charge in [0.25, 0.3) is 0 Å². The Hall–Kier alpha value is -0.570. The van der Waals surface area contributed by atoms with E-state index in [0.29, 0.717) is 18.9 Å². The largest absolute Gasteiger partial charge is 0.352 e. The lowest BCUT2D eigenvalue weighted by Crippen LogP contribution is -2.40. The second-order valence-corrected chi connectivity index (χ2v) is 4.85. The van der Waals surface area contributed by atoms with Crippen LogP contribution in [0.4, 0.5) is 0 Å². The Morgan fingerprint density at radius 1 is 1.43 bits per heavy atom. The fourth-order valence-corrected chi connectivity index (χ4v) is 1.30. The fraction of sp³-hybridized carbons (Fsp3) is 0.909. The first-order valence-electron chi connectivity index (χ1n) is 5.40. The van der Waals surface area contributed by atoms with Crippen LogP contribution in [0.25, 0.3) is 0 Å². The van der Waals surface area contributed by atoms with Gasteiger partial charge in [0.2, 0.25) is 5.91 Å². The summed E-state index contributed by atoms with van der Waals surface area (Å²) in [5.41, 5.74) is 5.44. The summed E-state index contributed by atoms with van der Waals surface area (Å²) in [7, 11) is 0. The van der Waals surface area contributed by atoms with Crippen LogP contribution in [0.15, 0.2) is 0 Å². The maximum absolute atomic E-state index is 11.4. The average molecular weight is 200 g/mol. The van der Waals surface area contributed by atoms with Crippen LogP contribution in [-0.4, -0.2) is 18.0 Å². The molecule has 0 heterocycles. The van der Waals surface area contributed by atoms with Gasteiger partial charge in [0.05, 0.1) is 0 Å². The molecular formula is C11H24N2O. The molecule has 84 valence electrons. The van der Waals surface area contributed by atoms with Crippen molar-refractivity contribution in [2.75, 3.05) is 6.54 Å². The lowest BCUT2D eigenvalue weighted by atomic mass is 10.00. The maximum atomic E-state index is 11.4. The highest BCUT2D eigenvalue weighted by atomic mass is 16.1. The molecule has 0 aliphatic heterocycles. The lowest BCUT2D eigenvalue weighted by Gasteiger charge is -2.21. The van der Waals surface area contributed by atoms with E-state index in [1.165, 1.54) is 0 Å². The number of carbonyl (C=O) groups excluding carboxylic acids is 1. The first-order chi connectivity index (χ1) is 6.39. The van der Waals surface area contributed by atoms with Crippen molar-refractivity contribution in [1.82, 2.24) is 5.32 Å². The third kappa shape index (κ3) is 6.89. The van der Waals surface area contributed by atoms with Crippen molar-refractivity contribution in [2.24, 2.45) is 11.7 Å². The van der Waals surface area contributed by atoms with Gasteiger partial charge < -0.3 is 11.1 Å². The highest BCUT2D eigenvalue weighted by molar-refractivity contribution is 5.76. The Bertz CT molecular complexity index is 169. The molecule has 1 unspecified atom stereocenters. The molecule has 1 atom stereocenters. The summed E-state index contributed by atoms with van der Waals surface area (Å²) in [5, 5.41) is 2.94. The standard InChI is InChI=1S/C11H24N2O/c1-5-9(8-12)6-7-10(14)13-11(2,3)4/h9H,5-8,12H2,1-4H3,(H,13,14). The number of amides is 1. The van der Waals surface area contributed by atoms with Gasteiger partial charge in [-0.05, 0) is 39.7 Å². The highest BCUT2D eigenvalue weighted by Gasteiger charge is 2.14. The first kappa shape index (κ1) is 13.4. The molecule has 0 rings (SSSR count). The molecule has 14 heavy (non-hydrogen) atoms. The maximum Gasteiger partial charge on any atom is 0.220 e. The topological polar surface area (TPSA) is 55.1 Å². The zero-order valence-corrected chi connectivity index (χ0v) is 9.89. The second-order valence-electron chi connectivity index (χ2n) is 4.85. The van der Waals surface area contributed by atoms with Crippen molar-refractivity contribution in [1.29, 1.82) is 0 Å². The SMILES string of the molecule is CCC(CN)CCC(=O)NC(C)(C)C. The van der Waals surface area contributed by atoms with Gasteiger partial charge in [0.1, 0.15) is 0 Å². The molecule has 0 aromatic rings. The molecule has 0 radical (unpaired) electrons. The van der Waals surface area contributed by atoms with Crippen LogP contribution in [0.5, 0.6) is 0 Å². The Kier molecular flexibility index (Phi) is 5.77. The Balaban J connectivity index is 3.74. The Morgan fingerprint density at radius 2 is 2.00 bits per heavy atom. The molecule has 1 amide bonds. The fourth-order valence-electron chi connectivity index (χ4n) is 1.30. The van der Waals surface area contributed by atoms with E-state index in [9.17, 15) is 4.79 Å². The summed E-state index contributed by atoms with van der Waals surface area (Å²) in [6.07, 6.45) is 2.54. The van der Waals surface area contributed by atoms with Gasteiger partial charge in [0.15, 0.2) is 0 Å². The van der Waals surface area contributed by atoms with E-state index in [2.05, 4.69) is 12.2 Å². The number of carbonyl (C=O) groups is 1. The highest BCUT2D eigenvalue weighted by Crippen LogP contribution is 2.09. The molecule has 3 N–H and O–H groups in total. The van der Waals surface area contributed by atoms with Gasteiger partial charge in [-0.2, -0.15) is 0 Å². The van der Waals surface area contributed by atoms with E-state index >= 15 is 0 Å². The predicted octanol–water partition coefficient (Wildman–Crippen LogP) is 1.67. The molecule has 0 bridgehead atoms. The van der Waals surface area contributed by atoms with Gasteiger partial charge in [0, 0.05) is 12.0 Å². The number of hydrogen-bond acceptors (Lipinski definition) is 2. The Labute approximate surface area is 87.4 Å². The number of hydrogen-bond donors (Lipinski definition) is 2. The van der Waals surface area contributed by atoms with Gasteiger partial charge in [-0.1, -0.05) is 13.3 Å². The van der Waals surface area contributed by atoms with Crippen LogP contribution in [0.2, 0.25) is 0 Å². The monoisotopic (exact) mass is 200 g/mol. The zero-order valence-electron chi connectivity index (χ0n) is 9.89. The zero-order chi connectivity index (χ0) is 11.2. The molecule has 0 saturated heterocycles. The summed E-state index contributed by atoms with van der Waals surface area (Å²) in [4.78, 5) is 11.4. The van der Waals surface area contributed by atoms with Crippen molar-refractivity contribution in [3.63, 3.8) is 0 Å². The van der Waals surface area contributed by atoms with Crippen molar-refractivity contribution in [3.05, 3.63) is 0 Å². The minimum absolute atomic E-state index is 0.124. The van der Waals surface area contributed by atoms with Crippen LogP contribution in [0.3, 0.4) is 0 Å². The number of rotatable bonds is 5. The number of nitrogens with one attached hydrogen (secondary N) is 1. The normalized spacial score (nSPS) is 13.8.